The highest BCUT2D eigenvalue weighted by Gasteiger charge is 2.21. The molecule has 1 aromatic heterocycles. The first-order valence-corrected chi connectivity index (χ1v) is 6.77. The molecular weight excluding hydrogens is 226 g/mol. The maximum absolute atomic E-state index is 11.9. The van der Waals surface area contributed by atoms with Crippen molar-refractivity contribution in [1.29, 1.82) is 0 Å². The van der Waals surface area contributed by atoms with Crippen LogP contribution in [0.5, 0.6) is 0 Å². The lowest BCUT2D eigenvalue weighted by Gasteiger charge is -2.25. The summed E-state index contributed by atoms with van der Waals surface area (Å²) in [5.74, 6) is 1.79. The summed E-state index contributed by atoms with van der Waals surface area (Å²) in [7, 11) is 0. The zero-order chi connectivity index (χ0) is 12.4. The molecule has 96 valence electrons. The fourth-order valence-electron chi connectivity index (χ4n) is 2.87. The lowest BCUT2D eigenvalue weighted by Crippen LogP contribution is -2.41. The number of hydrogen-bond acceptors (Lipinski definition) is 2. The van der Waals surface area contributed by atoms with Gasteiger partial charge >= 0.3 is 0 Å². The second-order valence-corrected chi connectivity index (χ2v) is 5.27. The van der Waals surface area contributed by atoms with Gasteiger partial charge in [0.05, 0.1) is 0 Å². The molecule has 4 heteroatoms. The van der Waals surface area contributed by atoms with Crippen LogP contribution in [0.1, 0.15) is 31.5 Å². The summed E-state index contributed by atoms with van der Waals surface area (Å²) >= 11 is 0. The van der Waals surface area contributed by atoms with E-state index in [1.54, 1.807) is 0 Å². The van der Waals surface area contributed by atoms with Crippen LogP contribution in [0.2, 0.25) is 0 Å². The molecule has 0 saturated carbocycles. The van der Waals surface area contributed by atoms with Gasteiger partial charge in [-0.05, 0) is 25.2 Å². The summed E-state index contributed by atoms with van der Waals surface area (Å²) in [6.07, 6.45) is 13.0. The van der Waals surface area contributed by atoms with Crippen LogP contribution >= 0.6 is 0 Å². The minimum absolute atomic E-state index is 0.195. The van der Waals surface area contributed by atoms with Crippen molar-refractivity contribution in [1.82, 2.24) is 14.9 Å². The fraction of sp³-hybridized carbons (Fsp3) is 0.571. The first-order valence-electron chi connectivity index (χ1n) is 6.77. The molecule has 3 rings (SSSR count). The highest BCUT2D eigenvalue weighted by Crippen LogP contribution is 2.20. The largest absolute Gasteiger partial charge is 0.352 e. The van der Waals surface area contributed by atoms with Crippen LogP contribution in [-0.4, -0.2) is 21.5 Å². The third kappa shape index (κ3) is 2.47. The molecule has 1 N–H and O–H groups in total. The van der Waals surface area contributed by atoms with Gasteiger partial charge in [0.25, 0.3) is 0 Å². The van der Waals surface area contributed by atoms with Crippen LogP contribution < -0.4 is 5.32 Å². The normalized spacial score (nSPS) is 26.0. The van der Waals surface area contributed by atoms with E-state index in [2.05, 4.69) is 27.0 Å². The van der Waals surface area contributed by atoms with Crippen LogP contribution in [0.4, 0.5) is 0 Å². The molecule has 1 aromatic rings. The van der Waals surface area contributed by atoms with E-state index in [0.717, 1.165) is 38.1 Å². The Kier molecular flexibility index (Phi) is 3.17. The summed E-state index contributed by atoms with van der Waals surface area (Å²) in [5, 5.41) is 3.16. The number of imidazole rings is 1. The van der Waals surface area contributed by atoms with Crippen molar-refractivity contribution in [3.63, 3.8) is 0 Å². The van der Waals surface area contributed by atoms with E-state index >= 15 is 0 Å². The smallest absolute Gasteiger partial charge is 0.220 e. The van der Waals surface area contributed by atoms with Gasteiger partial charge in [-0.25, -0.2) is 4.98 Å². The van der Waals surface area contributed by atoms with Crippen LogP contribution in [-0.2, 0) is 17.8 Å². The Labute approximate surface area is 107 Å². The van der Waals surface area contributed by atoms with E-state index < -0.39 is 0 Å². The Morgan fingerprint density at radius 1 is 1.50 bits per heavy atom. The average molecular weight is 245 g/mol. The van der Waals surface area contributed by atoms with Gasteiger partial charge in [-0.2, -0.15) is 0 Å². The molecule has 0 fully saturated rings. The minimum Gasteiger partial charge on any atom is -0.352 e. The maximum Gasteiger partial charge on any atom is 0.220 e. The lowest BCUT2D eigenvalue weighted by molar-refractivity contribution is -0.122. The van der Waals surface area contributed by atoms with E-state index in [1.165, 1.54) is 0 Å². The van der Waals surface area contributed by atoms with E-state index in [4.69, 9.17) is 0 Å². The number of amides is 1. The van der Waals surface area contributed by atoms with E-state index in [9.17, 15) is 4.79 Å². The van der Waals surface area contributed by atoms with Crippen molar-refractivity contribution in [2.75, 3.05) is 0 Å². The van der Waals surface area contributed by atoms with Crippen molar-refractivity contribution >= 4 is 5.91 Å². The summed E-state index contributed by atoms with van der Waals surface area (Å²) in [5.41, 5.74) is 0. The van der Waals surface area contributed by atoms with Gasteiger partial charge in [0, 0.05) is 37.8 Å². The first-order chi connectivity index (χ1) is 8.81. The fourth-order valence-corrected chi connectivity index (χ4v) is 2.87. The number of rotatable bonds is 3. The van der Waals surface area contributed by atoms with Crippen molar-refractivity contribution in [2.45, 2.75) is 44.7 Å². The monoisotopic (exact) mass is 245 g/mol. The number of nitrogens with zero attached hydrogens (tertiary/aromatic N) is 2. The van der Waals surface area contributed by atoms with Gasteiger partial charge in [-0.3, -0.25) is 4.79 Å². The maximum atomic E-state index is 11.9. The highest BCUT2D eigenvalue weighted by molar-refractivity contribution is 5.76. The molecule has 2 heterocycles. The number of aromatic nitrogens is 2. The molecule has 0 aromatic carbocycles. The predicted octanol–water partition coefficient (Wildman–Crippen LogP) is 1.67. The standard InChI is InChI=1S/C14H19N3O/c18-14(9-11-3-1-2-4-11)16-12-5-6-13-15-7-8-17(13)10-12/h1,3,7-8,11-12H,2,4-6,9-10H2,(H,16,18)/t11-,12-/m1/s1. The van der Waals surface area contributed by atoms with Gasteiger partial charge in [0.15, 0.2) is 0 Å². The molecule has 4 nitrogen and oxygen atoms in total. The Morgan fingerprint density at radius 2 is 2.44 bits per heavy atom. The number of fused-ring (bicyclic) bond motifs is 1. The molecule has 0 saturated heterocycles. The number of carbonyl (C=O) groups excluding carboxylic acids is 1. The molecule has 1 aliphatic carbocycles. The van der Waals surface area contributed by atoms with Crippen LogP contribution in [0.3, 0.4) is 0 Å². The number of hydrogen-bond donors (Lipinski definition) is 1. The number of nitrogens with one attached hydrogen (secondary N) is 1. The van der Waals surface area contributed by atoms with Crippen LogP contribution in [0, 0.1) is 5.92 Å². The first kappa shape index (κ1) is 11.5. The topological polar surface area (TPSA) is 46.9 Å². The number of aryl methyl sites for hydroxylation is 1. The van der Waals surface area contributed by atoms with Crippen molar-refractivity contribution < 1.29 is 4.79 Å². The lowest BCUT2D eigenvalue weighted by atomic mass is 10.0. The molecule has 1 aliphatic heterocycles. The Bertz CT molecular complexity index is 463. The molecule has 18 heavy (non-hydrogen) atoms. The van der Waals surface area contributed by atoms with Crippen molar-refractivity contribution in [2.24, 2.45) is 5.92 Å². The van der Waals surface area contributed by atoms with Crippen LogP contribution in [0.15, 0.2) is 24.5 Å². The van der Waals surface area contributed by atoms with Gasteiger partial charge < -0.3 is 9.88 Å². The number of allylic oxidation sites excluding steroid dienone is 2. The van der Waals surface area contributed by atoms with Gasteiger partial charge in [0.2, 0.25) is 5.91 Å². The van der Waals surface area contributed by atoms with E-state index in [-0.39, 0.29) is 11.9 Å². The quantitative estimate of drug-likeness (QED) is 0.823. The predicted molar refractivity (Wildman–Crippen MR) is 69.0 cm³/mol. The van der Waals surface area contributed by atoms with Crippen LogP contribution in [0.25, 0.3) is 0 Å². The van der Waals surface area contributed by atoms with Crippen molar-refractivity contribution in [3.8, 4) is 0 Å². The average Bonchev–Trinajstić information content (AvgIpc) is 2.98. The minimum atomic E-state index is 0.195. The molecular formula is C14H19N3O. The Hall–Kier alpha value is -1.58. The second kappa shape index (κ2) is 4.96. The number of carbonyl (C=O) groups is 1. The van der Waals surface area contributed by atoms with E-state index in [1.807, 2.05) is 12.4 Å². The molecule has 0 spiro atoms. The zero-order valence-corrected chi connectivity index (χ0v) is 10.5. The molecule has 2 atom stereocenters. The zero-order valence-electron chi connectivity index (χ0n) is 10.5. The summed E-state index contributed by atoms with van der Waals surface area (Å²) < 4.78 is 2.14. The summed E-state index contributed by atoms with van der Waals surface area (Å²) in [6, 6.07) is 0.268. The van der Waals surface area contributed by atoms with Gasteiger partial charge in [-0.1, -0.05) is 12.2 Å². The molecule has 0 bridgehead atoms. The van der Waals surface area contributed by atoms with E-state index in [0.29, 0.717) is 12.3 Å². The van der Waals surface area contributed by atoms with Crippen molar-refractivity contribution in [3.05, 3.63) is 30.4 Å². The Morgan fingerprint density at radius 3 is 3.28 bits per heavy atom. The third-order valence-corrected chi connectivity index (χ3v) is 3.86. The van der Waals surface area contributed by atoms with Gasteiger partial charge in [0.1, 0.15) is 5.82 Å². The Balaban J connectivity index is 1.51. The highest BCUT2D eigenvalue weighted by atomic mass is 16.1. The SMILES string of the molecule is O=C(C[C@@H]1C=CCC1)N[C@@H]1CCc2nccn2C1. The third-order valence-electron chi connectivity index (χ3n) is 3.86. The molecule has 0 radical (unpaired) electrons. The molecule has 1 amide bonds. The molecule has 0 unspecified atom stereocenters. The molecule has 2 aliphatic rings. The van der Waals surface area contributed by atoms with Gasteiger partial charge in [-0.15, -0.1) is 0 Å². The summed E-state index contributed by atoms with van der Waals surface area (Å²) in [4.78, 5) is 16.2. The summed E-state index contributed by atoms with van der Waals surface area (Å²) in [6.45, 7) is 0.863. The second-order valence-electron chi connectivity index (χ2n) is 5.27.